The molecule has 0 radical (unpaired) electrons. The van der Waals surface area contributed by atoms with Gasteiger partial charge in [0.15, 0.2) is 0 Å². The predicted octanol–water partition coefficient (Wildman–Crippen LogP) is 4.55. The summed E-state index contributed by atoms with van der Waals surface area (Å²) < 4.78 is 0. The van der Waals surface area contributed by atoms with Crippen molar-refractivity contribution < 1.29 is 9.59 Å². The maximum Gasteiger partial charge on any atom is 0.244 e. The smallest absolute Gasteiger partial charge is 0.244 e. The molecule has 0 spiro atoms. The van der Waals surface area contributed by atoms with Crippen molar-refractivity contribution in [2.45, 2.75) is 20.3 Å². The highest BCUT2D eigenvalue weighted by Gasteiger charge is 2.16. The monoisotopic (exact) mass is 364 g/mol. The van der Waals surface area contributed by atoms with E-state index in [0.717, 1.165) is 12.0 Å². The fourth-order valence-electron chi connectivity index (χ4n) is 2.22. The highest BCUT2D eigenvalue weighted by atomic mass is 35.5. The van der Waals surface area contributed by atoms with Crippen LogP contribution in [0.4, 0.5) is 11.4 Å². The first-order chi connectivity index (χ1) is 11.4. The van der Waals surface area contributed by atoms with E-state index in [1.165, 1.54) is 11.8 Å². The van der Waals surface area contributed by atoms with Crippen LogP contribution in [0.2, 0.25) is 10.0 Å². The molecule has 0 aliphatic heterocycles. The molecule has 0 saturated carbocycles. The van der Waals surface area contributed by atoms with Gasteiger partial charge in [-0.1, -0.05) is 42.3 Å². The molecule has 24 heavy (non-hydrogen) atoms. The first kappa shape index (κ1) is 18.3. The van der Waals surface area contributed by atoms with Crippen molar-refractivity contribution in [2.24, 2.45) is 0 Å². The first-order valence-electron chi connectivity index (χ1n) is 7.52. The molecule has 0 aromatic heterocycles. The average Bonchev–Trinajstić information content (AvgIpc) is 2.56. The topological polar surface area (TPSA) is 49.4 Å². The number of anilines is 2. The van der Waals surface area contributed by atoms with Crippen LogP contribution in [0.5, 0.6) is 0 Å². The lowest BCUT2D eigenvalue weighted by atomic mass is 10.1. The van der Waals surface area contributed by atoms with Gasteiger partial charge in [0, 0.05) is 17.6 Å². The minimum absolute atomic E-state index is 0.107. The van der Waals surface area contributed by atoms with E-state index in [1.54, 1.807) is 18.2 Å². The van der Waals surface area contributed by atoms with Crippen LogP contribution in [0.25, 0.3) is 0 Å². The third-order valence-electron chi connectivity index (χ3n) is 3.54. The molecule has 0 unspecified atom stereocenters. The van der Waals surface area contributed by atoms with Gasteiger partial charge in [0.1, 0.15) is 6.54 Å². The maximum absolute atomic E-state index is 12.3. The Morgan fingerprint density at radius 3 is 2.33 bits per heavy atom. The van der Waals surface area contributed by atoms with Crippen molar-refractivity contribution in [3.63, 3.8) is 0 Å². The number of hydrogen-bond acceptors (Lipinski definition) is 2. The van der Waals surface area contributed by atoms with E-state index in [1.807, 2.05) is 24.3 Å². The van der Waals surface area contributed by atoms with E-state index in [2.05, 4.69) is 12.2 Å². The van der Waals surface area contributed by atoms with Gasteiger partial charge < -0.3 is 10.2 Å². The second-order valence-corrected chi connectivity index (χ2v) is 6.14. The number of aryl methyl sites for hydroxylation is 1. The molecule has 1 N–H and O–H groups in total. The Hall–Kier alpha value is -2.04. The normalized spacial score (nSPS) is 10.3. The molecule has 0 saturated heterocycles. The molecule has 2 aromatic carbocycles. The fourth-order valence-corrected chi connectivity index (χ4v) is 2.56. The number of hydrogen-bond donors (Lipinski definition) is 1. The molecule has 0 bridgehead atoms. The second-order valence-electron chi connectivity index (χ2n) is 5.30. The van der Waals surface area contributed by atoms with Gasteiger partial charge in [-0.05, 0) is 42.3 Å². The van der Waals surface area contributed by atoms with Gasteiger partial charge in [-0.3, -0.25) is 9.59 Å². The van der Waals surface area contributed by atoms with Crippen molar-refractivity contribution in [2.75, 3.05) is 16.8 Å². The highest BCUT2D eigenvalue weighted by Crippen LogP contribution is 2.25. The van der Waals surface area contributed by atoms with Gasteiger partial charge in [-0.25, -0.2) is 0 Å². The lowest BCUT2D eigenvalue weighted by Gasteiger charge is -2.21. The molecule has 0 heterocycles. The van der Waals surface area contributed by atoms with Crippen molar-refractivity contribution >= 4 is 46.4 Å². The van der Waals surface area contributed by atoms with Crippen LogP contribution in [0.15, 0.2) is 42.5 Å². The summed E-state index contributed by atoms with van der Waals surface area (Å²) in [5.41, 5.74) is 2.25. The van der Waals surface area contributed by atoms with Crippen LogP contribution in [0.3, 0.4) is 0 Å². The van der Waals surface area contributed by atoms with E-state index in [9.17, 15) is 9.59 Å². The van der Waals surface area contributed by atoms with Crippen LogP contribution < -0.4 is 10.2 Å². The minimum Gasteiger partial charge on any atom is -0.323 e. The summed E-state index contributed by atoms with van der Waals surface area (Å²) in [5.74, 6) is -0.569. The Balaban J connectivity index is 2.13. The van der Waals surface area contributed by atoms with Crippen LogP contribution >= 0.6 is 23.2 Å². The number of amides is 2. The Labute approximate surface area is 151 Å². The first-order valence-corrected chi connectivity index (χ1v) is 8.28. The quantitative estimate of drug-likeness (QED) is 0.845. The fraction of sp³-hybridized carbons (Fsp3) is 0.222. The Morgan fingerprint density at radius 1 is 1.08 bits per heavy atom. The molecule has 2 rings (SSSR count). The van der Waals surface area contributed by atoms with Crippen LogP contribution in [-0.4, -0.2) is 18.4 Å². The summed E-state index contributed by atoms with van der Waals surface area (Å²) in [5, 5.41) is 3.53. The molecule has 4 nitrogen and oxygen atoms in total. The van der Waals surface area contributed by atoms with Crippen molar-refractivity contribution in [1.29, 1.82) is 0 Å². The number of benzene rings is 2. The van der Waals surface area contributed by atoms with Gasteiger partial charge >= 0.3 is 0 Å². The summed E-state index contributed by atoms with van der Waals surface area (Å²) in [7, 11) is 0. The van der Waals surface area contributed by atoms with E-state index < -0.39 is 0 Å². The Bertz CT molecular complexity index is 745. The zero-order valence-corrected chi connectivity index (χ0v) is 15.0. The van der Waals surface area contributed by atoms with Gasteiger partial charge in [0.2, 0.25) is 11.8 Å². The third-order valence-corrected chi connectivity index (χ3v) is 4.11. The lowest BCUT2D eigenvalue weighted by Crippen LogP contribution is -2.36. The predicted molar refractivity (Wildman–Crippen MR) is 98.9 cm³/mol. The van der Waals surface area contributed by atoms with E-state index >= 15 is 0 Å². The molecule has 6 heteroatoms. The van der Waals surface area contributed by atoms with Crippen LogP contribution in [0, 0.1) is 0 Å². The molecular formula is C18H18Cl2N2O2. The molecule has 2 amide bonds. The van der Waals surface area contributed by atoms with E-state index in [0.29, 0.717) is 21.4 Å². The highest BCUT2D eigenvalue weighted by molar-refractivity contribution is 6.35. The zero-order chi connectivity index (χ0) is 17.7. The van der Waals surface area contributed by atoms with Gasteiger partial charge in [0.05, 0.1) is 10.7 Å². The lowest BCUT2D eigenvalue weighted by molar-refractivity contribution is -0.120. The van der Waals surface area contributed by atoms with Crippen LogP contribution in [-0.2, 0) is 16.0 Å². The molecular weight excluding hydrogens is 347 g/mol. The summed E-state index contributed by atoms with van der Waals surface area (Å²) in [6.07, 6.45) is 0.911. The Morgan fingerprint density at radius 2 is 1.75 bits per heavy atom. The van der Waals surface area contributed by atoms with E-state index in [4.69, 9.17) is 23.2 Å². The second kappa shape index (κ2) is 8.18. The molecule has 2 aromatic rings. The minimum atomic E-state index is -0.353. The number of nitrogens with zero attached hydrogens (tertiary/aromatic N) is 1. The average molecular weight is 365 g/mol. The largest absolute Gasteiger partial charge is 0.323 e. The summed E-state index contributed by atoms with van der Waals surface area (Å²) >= 11 is 11.9. The number of carbonyl (C=O) groups is 2. The maximum atomic E-state index is 12.3. The molecule has 0 atom stereocenters. The molecule has 126 valence electrons. The van der Waals surface area contributed by atoms with Crippen molar-refractivity contribution in [1.82, 2.24) is 0 Å². The van der Waals surface area contributed by atoms with E-state index in [-0.39, 0.29) is 18.4 Å². The summed E-state index contributed by atoms with van der Waals surface area (Å²) in [6.45, 7) is 3.37. The zero-order valence-electron chi connectivity index (χ0n) is 13.5. The Kier molecular flexibility index (Phi) is 6.23. The van der Waals surface area contributed by atoms with Gasteiger partial charge in [-0.15, -0.1) is 0 Å². The third kappa shape index (κ3) is 4.73. The summed E-state index contributed by atoms with van der Waals surface area (Å²) in [6, 6.07) is 12.4. The van der Waals surface area contributed by atoms with Crippen molar-refractivity contribution in [3.05, 3.63) is 58.1 Å². The van der Waals surface area contributed by atoms with Crippen LogP contribution in [0.1, 0.15) is 19.4 Å². The molecule has 0 aliphatic carbocycles. The van der Waals surface area contributed by atoms with Gasteiger partial charge in [-0.2, -0.15) is 0 Å². The molecule has 0 aliphatic rings. The standard InChI is InChI=1S/C18H18Cl2N2O2/c1-3-13-4-7-15(8-5-13)22(12(2)23)11-18(24)21-17-10-14(19)6-9-16(17)20/h4-10H,3,11H2,1-2H3,(H,21,24). The summed E-state index contributed by atoms with van der Waals surface area (Å²) in [4.78, 5) is 25.6. The van der Waals surface area contributed by atoms with Gasteiger partial charge in [0.25, 0.3) is 0 Å². The number of rotatable bonds is 5. The number of carbonyl (C=O) groups excluding carboxylic acids is 2. The number of halogens is 2. The number of nitrogens with one attached hydrogen (secondary N) is 1. The molecule has 0 fully saturated rings. The van der Waals surface area contributed by atoms with Crippen molar-refractivity contribution in [3.8, 4) is 0 Å². The SMILES string of the molecule is CCc1ccc(N(CC(=O)Nc2cc(Cl)ccc2Cl)C(C)=O)cc1.